The van der Waals surface area contributed by atoms with Crippen molar-refractivity contribution in [1.82, 2.24) is 9.55 Å². The molecule has 0 bridgehead atoms. The first-order valence-corrected chi connectivity index (χ1v) is 7.76. The molecule has 2 heterocycles. The molecule has 3 rings (SSSR count). The summed E-state index contributed by atoms with van der Waals surface area (Å²) in [5.74, 6) is -0.481. The van der Waals surface area contributed by atoms with E-state index in [2.05, 4.69) is 4.98 Å². The van der Waals surface area contributed by atoms with Crippen molar-refractivity contribution in [1.29, 1.82) is 0 Å². The zero-order valence-corrected chi connectivity index (χ0v) is 12.8. The quantitative estimate of drug-likeness (QED) is 0.695. The van der Waals surface area contributed by atoms with E-state index in [9.17, 15) is 9.59 Å². The van der Waals surface area contributed by atoms with Crippen LogP contribution in [0.3, 0.4) is 0 Å². The van der Waals surface area contributed by atoms with Crippen molar-refractivity contribution in [2.75, 3.05) is 6.61 Å². The lowest BCUT2D eigenvalue weighted by atomic mass is 10.2. The Balaban J connectivity index is 2.06. The summed E-state index contributed by atoms with van der Waals surface area (Å²) in [6.07, 6.45) is 1.52. The summed E-state index contributed by atoms with van der Waals surface area (Å²) in [4.78, 5) is 29.4. The van der Waals surface area contributed by atoms with Crippen molar-refractivity contribution in [3.8, 4) is 0 Å². The van der Waals surface area contributed by atoms with Gasteiger partial charge < -0.3 is 4.74 Å². The average Bonchev–Trinajstić information content (AvgIpc) is 2.96. The van der Waals surface area contributed by atoms with Crippen LogP contribution in [0, 0.1) is 0 Å². The molecule has 0 aliphatic heterocycles. The molecule has 0 radical (unpaired) electrons. The van der Waals surface area contributed by atoms with E-state index in [1.54, 1.807) is 12.3 Å². The van der Waals surface area contributed by atoms with E-state index in [4.69, 9.17) is 4.74 Å². The summed E-state index contributed by atoms with van der Waals surface area (Å²) in [6, 6.07) is 9.64. The highest BCUT2D eigenvalue weighted by molar-refractivity contribution is 7.17. The number of carbonyl (C=O) groups is 1. The Bertz CT molecular complexity index is 868. The Morgan fingerprint density at radius 3 is 2.82 bits per heavy atom. The third-order valence-corrected chi connectivity index (χ3v) is 4.14. The number of carbonyl (C=O) groups excluding carboxylic acids is 1. The van der Waals surface area contributed by atoms with Crippen LogP contribution in [0.2, 0.25) is 0 Å². The van der Waals surface area contributed by atoms with Crippen LogP contribution in [-0.2, 0) is 11.3 Å². The fourth-order valence-corrected chi connectivity index (χ4v) is 3.09. The van der Waals surface area contributed by atoms with Crippen LogP contribution in [0.4, 0.5) is 0 Å². The molecule has 0 aliphatic carbocycles. The van der Waals surface area contributed by atoms with Gasteiger partial charge in [-0.15, -0.1) is 11.3 Å². The maximum Gasteiger partial charge on any atom is 0.339 e. The summed E-state index contributed by atoms with van der Waals surface area (Å²) < 4.78 is 6.51. The Hall–Kier alpha value is -2.47. The van der Waals surface area contributed by atoms with Crippen LogP contribution in [-0.4, -0.2) is 22.1 Å². The molecule has 112 valence electrons. The van der Waals surface area contributed by atoms with Gasteiger partial charge in [-0.3, -0.25) is 9.36 Å². The molecule has 5 nitrogen and oxygen atoms in total. The lowest BCUT2D eigenvalue weighted by Gasteiger charge is -2.06. The SMILES string of the molecule is CCOC(=O)c1csc2ncn(Cc3ccccc3)c(=O)c12. The Morgan fingerprint density at radius 1 is 1.32 bits per heavy atom. The second-order valence-electron chi connectivity index (χ2n) is 4.71. The van der Waals surface area contributed by atoms with Gasteiger partial charge in [0.05, 0.1) is 30.4 Å². The zero-order valence-electron chi connectivity index (χ0n) is 12.0. The number of thiophene rings is 1. The lowest BCUT2D eigenvalue weighted by Crippen LogP contribution is -2.22. The second-order valence-corrected chi connectivity index (χ2v) is 5.57. The monoisotopic (exact) mass is 314 g/mol. The molecule has 22 heavy (non-hydrogen) atoms. The number of hydrogen-bond acceptors (Lipinski definition) is 5. The van der Waals surface area contributed by atoms with Gasteiger partial charge in [0, 0.05) is 5.38 Å². The van der Waals surface area contributed by atoms with Crippen LogP contribution < -0.4 is 5.56 Å². The van der Waals surface area contributed by atoms with Gasteiger partial charge in [0.25, 0.3) is 5.56 Å². The Kier molecular flexibility index (Phi) is 4.02. The van der Waals surface area contributed by atoms with Crippen molar-refractivity contribution >= 4 is 27.5 Å². The molecule has 3 aromatic rings. The van der Waals surface area contributed by atoms with Crippen LogP contribution in [0.1, 0.15) is 22.8 Å². The molecular weight excluding hydrogens is 300 g/mol. The summed E-state index contributed by atoms with van der Waals surface area (Å²) in [5, 5.41) is 1.96. The number of fused-ring (bicyclic) bond motifs is 1. The standard InChI is InChI=1S/C16H14N2O3S/c1-2-21-16(20)12-9-22-14-13(12)15(19)18(10-17-14)8-11-6-4-3-5-7-11/h3-7,9-10H,2,8H2,1H3. The zero-order chi connectivity index (χ0) is 15.5. The molecule has 0 spiro atoms. The van der Waals surface area contributed by atoms with E-state index < -0.39 is 5.97 Å². The molecule has 0 N–H and O–H groups in total. The lowest BCUT2D eigenvalue weighted by molar-refractivity contribution is 0.0529. The molecule has 0 fully saturated rings. The summed E-state index contributed by atoms with van der Waals surface area (Å²) >= 11 is 1.27. The number of hydrogen-bond donors (Lipinski definition) is 0. The third-order valence-electron chi connectivity index (χ3n) is 3.25. The van der Waals surface area contributed by atoms with Crippen LogP contribution in [0.25, 0.3) is 10.2 Å². The highest BCUT2D eigenvalue weighted by Gasteiger charge is 2.18. The van der Waals surface area contributed by atoms with Crippen molar-refractivity contribution in [2.45, 2.75) is 13.5 Å². The highest BCUT2D eigenvalue weighted by Crippen LogP contribution is 2.21. The molecule has 0 atom stereocenters. The van der Waals surface area contributed by atoms with Gasteiger partial charge in [-0.25, -0.2) is 9.78 Å². The summed E-state index contributed by atoms with van der Waals surface area (Å²) in [7, 11) is 0. The van der Waals surface area contributed by atoms with Crippen molar-refractivity contribution in [3.63, 3.8) is 0 Å². The van der Waals surface area contributed by atoms with Gasteiger partial charge >= 0.3 is 5.97 Å². The van der Waals surface area contributed by atoms with E-state index in [-0.39, 0.29) is 12.2 Å². The summed E-state index contributed by atoms with van der Waals surface area (Å²) in [5.41, 5.74) is 1.07. The fraction of sp³-hybridized carbons (Fsp3) is 0.188. The highest BCUT2D eigenvalue weighted by atomic mass is 32.1. The first-order chi connectivity index (χ1) is 10.7. The minimum absolute atomic E-state index is 0.224. The third kappa shape index (κ3) is 2.65. The predicted molar refractivity (Wildman–Crippen MR) is 85.4 cm³/mol. The van der Waals surface area contributed by atoms with Gasteiger partial charge in [-0.1, -0.05) is 30.3 Å². The number of rotatable bonds is 4. The van der Waals surface area contributed by atoms with Gasteiger partial charge in [0.15, 0.2) is 0 Å². The molecule has 6 heteroatoms. The second kappa shape index (κ2) is 6.11. The molecule has 0 saturated carbocycles. The predicted octanol–water partition coefficient (Wildman–Crippen LogP) is 2.68. The largest absolute Gasteiger partial charge is 0.462 e. The van der Waals surface area contributed by atoms with Crippen LogP contribution >= 0.6 is 11.3 Å². The molecule has 0 aliphatic rings. The van der Waals surface area contributed by atoms with Gasteiger partial charge in [-0.2, -0.15) is 0 Å². The number of esters is 1. The minimum Gasteiger partial charge on any atom is -0.462 e. The first kappa shape index (κ1) is 14.5. The number of aromatic nitrogens is 2. The van der Waals surface area contributed by atoms with Gasteiger partial charge in [0.2, 0.25) is 0 Å². The number of ether oxygens (including phenoxy) is 1. The van der Waals surface area contributed by atoms with E-state index >= 15 is 0 Å². The Labute approximate surface area is 130 Å². The van der Waals surface area contributed by atoms with Gasteiger partial charge in [0.1, 0.15) is 4.83 Å². The maximum atomic E-state index is 12.6. The van der Waals surface area contributed by atoms with E-state index in [1.165, 1.54) is 22.2 Å². The average molecular weight is 314 g/mol. The van der Waals surface area contributed by atoms with Crippen molar-refractivity contribution in [3.05, 3.63) is 63.5 Å². The van der Waals surface area contributed by atoms with E-state index in [1.807, 2.05) is 30.3 Å². The number of nitrogens with zero attached hydrogens (tertiary/aromatic N) is 2. The maximum absolute atomic E-state index is 12.6. The normalized spacial score (nSPS) is 10.8. The fourth-order valence-electron chi connectivity index (χ4n) is 2.22. The van der Waals surface area contributed by atoms with Crippen molar-refractivity contribution < 1.29 is 9.53 Å². The molecule has 0 amide bonds. The molecule has 2 aromatic heterocycles. The number of benzene rings is 1. The minimum atomic E-state index is -0.481. The Morgan fingerprint density at radius 2 is 2.09 bits per heavy atom. The molecular formula is C16H14N2O3S. The van der Waals surface area contributed by atoms with Crippen molar-refractivity contribution in [2.24, 2.45) is 0 Å². The summed E-state index contributed by atoms with van der Waals surface area (Å²) in [6.45, 7) is 2.42. The smallest absolute Gasteiger partial charge is 0.339 e. The van der Waals surface area contributed by atoms with E-state index in [0.717, 1.165) is 5.56 Å². The topological polar surface area (TPSA) is 61.2 Å². The molecule has 1 aromatic carbocycles. The van der Waals surface area contributed by atoms with E-state index in [0.29, 0.717) is 22.3 Å². The molecule has 0 unspecified atom stereocenters. The first-order valence-electron chi connectivity index (χ1n) is 6.88. The van der Waals surface area contributed by atoms with Crippen LogP contribution in [0.5, 0.6) is 0 Å². The van der Waals surface area contributed by atoms with Crippen LogP contribution in [0.15, 0.2) is 46.8 Å². The van der Waals surface area contributed by atoms with Gasteiger partial charge in [-0.05, 0) is 12.5 Å². The molecule has 0 saturated heterocycles.